The Morgan fingerprint density at radius 3 is 2.70 bits per heavy atom. The lowest BCUT2D eigenvalue weighted by molar-refractivity contribution is -0.757. The molecule has 1 N–H and O–H groups in total. The fourth-order valence-electron chi connectivity index (χ4n) is 1.40. The molecule has 0 aliphatic carbocycles. The number of hydrogen-bond donors (Lipinski definition) is 1. The smallest absolute Gasteiger partial charge is 0.338 e. The Morgan fingerprint density at radius 2 is 2.05 bits per heavy atom. The van der Waals surface area contributed by atoms with Crippen LogP contribution >= 0.6 is 0 Å². The molecular formula is C12H15NO7. The maximum absolute atomic E-state index is 11.7. The molecule has 110 valence electrons. The van der Waals surface area contributed by atoms with E-state index in [2.05, 4.69) is 4.84 Å². The van der Waals surface area contributed by atoms with E-state index in [9.17, 15) is 20.0 Å². The highest BCUT2D eigenvalue weighted by Crippen LogP contribution is 2.26. The zero-order valence-corrected chi connectivity index (χ0v) is 10.9. The average Bonchev–Trinajstić information content (AvgIpc) is 2.42. The van der Waals surface area contributed by atoms with Gasteiger partial charge in [-0.05, 0) is 31.0 Å². The topological polar surface area (TPSA) is 108 Å². The Bertz CT molecular complexity index is 475. The second-order valence-electron chi connectivity index (χ2n) is 3.79. The summed E-state index contributed by atoms with van der Waals surface area (Å²) in [5, 5.41) is 18.4. The number of nitrogens with zero attached hydrogens (tertiary/aromatic N) is 1. The number of carbonyl (C=O) groups excluding carboxylic acids is 1. The minimum atomic E-state index is -0.866. The monoisotopic (exact) mass is 285 g/mol. The van der Waals surface area contributed by atoms with Gasteiger partial charge in [0.1, 0.15) is 0 Å². The molecule has 0 aliphatic heterocycles. The van der Waals surface area contributed by atoms with E-state index in [1.807, 2.05) is 0 Å². The number of phenolic OH excluding ortho intramolecular Hbond substituents is 1. The van der Waals surface area contributed by atoms with E-state index in [0.29, 0.717) is 12.8 Å². The number of ether oxygens (including phenoxy) is 2. The van der Waals surface area contributed by atoms with Crippen LogP contribution in [-0.2, 0) is 9.57 Å². The summed E-state index contributed by atoms with van der Waals surface area (Å²) in [6.07, 6.45) is 0.863. The zero-order valence-electron chi connectivity index (χ0n) is 10.9. The number of benzene rings is 1. The summed E-state index contributed by atoms with van der Waals surface area (Å²) in [6, 6.07) is 4.11. The molecule has 0 spiro atoms. The van der Waals surface area contributed by atoms with E-state index in [-0.39, 0.29) is 30.3 Å². The van der Waals surface area contributed by atoms with Gasteiger partial charge in [-0.15, -0.1) is 10.1 Å². The minimum absolute atomic E-state index is 0.0302. The van der Waals surface area contributed by atoms with Gasteiger partial charge >= 0.3 is 5.97 Å². The largest absolute Gasteiger partial charge is 0.504 e. The van der Waals surface area contributed by atoms with Gasteiger partial charge in [0.15, 0.2) is 11.5 Å². The van der Waals surface area contributed by atoms with Crippen molar-refractivity contribution in [2.24, 2.45) is 0 Å². The highest BCUT2D eigenvalue weighted by atomic mass is 16.9. The van der Waals surface area contributed by atoms with Gasteiger partial charge in [0.05, 0.1) is 25.9 Å². The first kappa shape index (κ1) is 15.5. The molecule has 0 atom stereocenters. The SMILES string of the molecule is COc1cc(C(=O)OCCCCO[N+](=O)[O-])ccc1O. The van der Waals surface area contributed by atoms with Crippen molar-refractivity contribution < 1.29 is 29.3 Å². The molecule has 8 heteroatoms. The van der Waals surface area contributed by atoms with Crippen LogP contribution in [0.15, 0.2) is 18.2 Å². The van der Waals surface area contributed by atoms with Gasteiger partial charge in [-0.1, -0.05) is 0 Å². The fourth-order valence-corrected chi connectivity index (χ4v) is 1.40. The van der Waals surface area contributed by atoms with E-state index in [1.165, 1.54) is 25.3 Å². The van der Waals surface area contributed by atoms with Crippen LogP contribution in [0.5, 0.6) is 11.5 Å². The third kappa shape index (κ3) is 5.01. The molecule has 20 heavy (non-hydrogen) atoms. The van der Waals surface area contributed by atoms with E-state index < -0.39 is 11.1 Å². The summed E-state index contributed by atoms with van der Waals surface area (Å²) < 4.78 is 9.85. The molecule has 1 rings (SSSR count). The number of esters is 1. The lowest BCUT2D eigenvalue weighted by Gasteiger charge is -2.07. The molecule has 0 saturated heterocycles. The fraction of sp³-hybridized carbons (Fsp3) is 0.417. The van der Waals surface area contributed by atoms with E-state index >= 15 is 0 Å². The van der Waals surface area contributed by atoms with Crippen LogP contribution in [0.3, 0.4) is 0 Å². The van der Waals surface area contributed by atoms with Crippen molar-refractivity contribution in [2.75, 3.05) is 20.3 Å². The molecule has 1 aromatic rings. The number of hydrogen-bond acceptors (Lipinski definition) is 7. The number of carbonyl (C=O) groups is 1. The predicted molar refractivity (Wildman–Crippen MR) is 67.1 cm³/mol. The van der Waals surface area contributed by atoms with Crippen LogP contribution in [0, 0.1) is 10.1 Å². The van der Waals surface area contributed by atoms with Crippen LogP contribution in [0.2, 0.25) is 0 Å². The normalized spacial score (nSPS) is 9.85. The third-order valence-corrected chi connectivity index (χ3v) is 2.38. The highest BCUT2D eigenvalue weighted by Gasteiger charge is 2.10. The molecule has 0 radical (unpaired) electrons. The zero-order chi connectivity index (χ0) is 15.0. The minimum Gasteiger partial charge on any atom is -0.504 e. The number of methoxy groups -OCH3 is 1. The Balaban J connectivity index is 2.34. The third-order valence-electron chi connectivity index (χ3n) is 2.38. The van der Waals surface area contributed by atoms with Crippen molar-refractivity contribution in [1.82, 2.24) is 0 Å². The van der Waals surface area contributed by atoms with E-state index in [1.54, 1.807) is 0 Å². The first-order valence-electron chi connectivity index (χ1n) is 5.86. The standard InChI is InChI=1S/C12H15NO7/c1-18-11-8-9(4-5-10(11)14)12(15)19-6-2-3-7-20-13(16)17/h4-5,8,14H,2-3,6-7H2,1H3. The Hall–Kier alpha value is -2.51. The van der Waals surface area contributed by atoms with Gasteiger partial charge in [0.2, 0.25) is 0 Å². The lowest BCUT2D eigenvalue weighted by Crippen LogP contribution is -2.08. The summed E-state index contributed by atoms with van der Waals surface area (Å²) in [5.41, 5.74) is 0.251. The van der Waals surface area contributed by atoms with Crippen molar-refractivity contribution >= 4 is 5.97 Å². The van der Waals surface area contributed by atoms with Gasteiger partial charge in [-0.25, -0.2) is 4.79 Å². The summed E-state index contributed by atoms with van der Waals surface area (Å²) >= 11 is 0. The highest BCUT2D eigenvalue weighted by molar-refractivity contribution is 5.90. The molecule has 0 saturated carbocycles. The van der Waals surface area contributed by atoms with Crippen LogP contribution in [0.4, 0.5) is 0 Å². The van der Waals surface area contributed by atoms with Crippen LogP contribution in [0.1, 0.15) is 23.2 Å². The molecule has 0 heterocycles. The molecule has 0 aliphatic rings. The quantitative estimate of drug-likeness (QED) is 0.334. The number of rotatable bonds is 8. The van der Waals surface area contributed by atoms with Crippen LogP contribution < -0.4 is 4.74 Å². The van der Waals surface area contributed by atoms with Crippen molar-refractivity contribution in [3.8, 4) is 11.5 Å². The van der Waals surface area contributed by atoms with Crippen molar-refractivity contribution in [3.63, 3.8) is 0 Å². The van der Waals surface area contributed by atoms with E-state index in [0.717, 1.165) is 0 Å². The number of unbranched alkanes of at least 4 members (excludes halogenated alkanes) is 1. The summed E-state index contributed by atoms with van der Waals surface area (Å²) in [4.78, 5) is 25.7. The van der Waals surface area contributed by atoms with Gasteiger partial charge < -0.3 is 19.4 Å². The Morgan fingerprint density at radius 1 is 1.35 bits per heavy atom. The maximum atomic E-state index is 11.7. The molecule has 1 aromatic carbocycles. The van der Waals surface area contributed by atoms with Crippen molar-refractivity contribution in [1.29, 1.82) is 0 Å². The van der Waals surface area contributed by atoms with Gasteiger partial charge in [0, 0.05) is 0 Å². The van der Waals surface area contributed by atoms with E-state index in [4.69, 9.17) is 9.47 Å². The van der Waals surface area contributed by atoms with Crippen molar-refractivity contribution in [3.05, 3.63) is 33.9 Å². The molecule has 0 fully saturated rings. The molecule has 8 nitrogen and oxygen atoms in total. The summed E-state index contributed by atoms with van der Waals surface area (Å²) in [7, 11) is 1.37. The molecule has 0 aromatic heterocycles. The first-order chi connectivity index (χ1) is 9.54. The molecule has 0 amide bonds. The number of aromatic hydroxyl groups is 1. The number of phenols is 1. The van der Waals surface area contributed by atoms with Gasteiger partial charge in [0.25, 0.3) is 5.09 Å². The second-order valence-corrected chi connectivity index (χ2v) is 3.79. The molecule has 0 unspecified atom stereocenters. The molecular weight excluding hydrogens is 270 g/mol. The van der Waals surface area contributed by atoms with Crippen LogP contribution in [0.25, 0.3) is 0 Å². The van der Waals surface area contributed by atoms with Gasteiger partial charge in [-0.2, -0.15) is 0 Å². The maximum Gasteiger partial charge on any atom is 0.338 e. The Labute approximate surface area is 115 Å². The summed E-state index contributed by atoms with van der Waals surface area (Å²) in [6.45, 7) is 0.0979. The molecule has 0 bridgehead atoms. The van der Waals surface area contributed by atoms with Gasteiger partial charge in [-0.3, -0.25) is 0 Å². The second kappa shape index (κ2) is 7.82. The van der Waals surface area contributed by atoms with Crippen molar-refractivity contribution in [2.45, 2.75) is 12.8 Å². The average molecular weight is 285 g/mol. The Kier molecular flexibility index (Phi) is 6.08. The first-order valence-corrected chi connectivity index (χ1v) is 5.86. The van der Waals surface area contributed by atoms with Crippen LogP contribution in [-0.4, -0.2) is 36.5 Å². The predicted octanol–water partition coefficient (Wildman–Crippen LogP) is 1.55. The lowest BCUT2D eigenvalue weighted by atomic mass is 10.2. The summed E-state index contributed by atoms with van der Waals surface area (Å²) in [5.74, 6) is -0.446.